The largest absolute Gasteiger partial charge is 0.461 e. The van der Waals surface area contributed by atoms with Gasteiger partial charge >= 0.3 is 18.1 Å². The Balaban J connectivity index is 1.73. The van der Waals surface area contributed by atoms with Gasteiger partial charge in [0.05, 0.1) is 18.1 Å². The summed E-state index contributed by atoms with van der Waals surface area (Å²) < 4.78 is 49.5. The van der Waals surface area contributed by atoms with E-state index in [0.717, 1.165) is 17.7 Å². The van der Waals surface area contributed by atoms with Gasteiger partial charge in [0.25, 0.3) is 0 Å². The molecule has 0 saturated carbocycles. The van der Waals surface area contributed by atoms with Crippen LogP contribution in [0.15, 0.2) is 60.2 Å². The molecular formula is C24H23F3O5. The molecule has 2 aromatic carbocycles. The Bertz CT molecular complexity index is 1000. The smallest absolute Gasteiger partial charge is 0.416 e. The van der Waals surface area contributed by atoms with Gasteiger partial charge in [-0.3, -0.25) is 4.79 Å². The first kappa shape index (κ1) is 23.5. The van der Waals surface area contributed by atoms with Gasteiger partial charge in [0.15, 0.2) is 5.60 Å². The highest BCUT2D eigenvalue weighted by Crippen LogP contribution is 2.34. The lowest BCUT2D eigenvalue weighted by Gasteiger charge is -2.25. The molecule has 2 atom stereocenters. The third-order valence-electron chi connectivity index (χ3n) is 5.30. The van der Waals surface area contributed by atoms with Crippen LogP contribution in [0, 0.1) is 0 Å². The first-order valence-corrected chi connectivity index (χ1v) is 10.1. The maximum Gasteiger partial charge on any atom is 0.416 e. The van der Waals surface area contributed by atoms with E-state index in [1.807, 2.05) is 37.3 Å². The molecule has 170 valence electrons. The molecule has 32 heavy (non-hydrogen) atoms. The lowest BCUT2D eigenvalue weighted by molar-refractivity contribution is -0.167. The zero-order valence-corrected chi connectivity index (χ0v) is 17.4. The van der Waals surface area contributed by atoms with Crippen LogP contribution in [-0.4, -0.2) is 35.9 Å². The van der Waals surface area contributed by atoms with E-state index < -0.39 is 41.8 Å². The van der Waals surface area contributed by atoms with Crippen molar-refractivity contribution in [2.24, 2.45) is 0 Å². The first-order chi connectivity index (χ1) is 15.2. The van der Waals surface area contributed by atoms with Gasteiger partial charge in [0.1, 0.15) is 6.61 Å². The van der Waals surface area contributed by atoms with E-state index in [2.05, 4.69) is 0 Å². The van der Waals surface area contributed by atoms with E-state index in [0.29, 0.717) is 6.42 Å². The molecule has 0 bridgehead atoms. The molecule has 0 aliphatic carbocycles. The maximum atomic E-state index is 12.9. The molecule has 3 rings (SSSR count). The second-order valence-electron chi connectivity index (χ2n) is 7.68. The molecule has 1 N–H and O–H groups in total. The number of esters is 2. The Hall–Kier alpha value is -3.13. The summed E-state index contributed by atoms with van der Waals surface area (Å²) in [5.41, 5.74) is -1.27. The van der Waals surface area contributed by atoms with Crippen LogP contribution in [0.5, 0.6) is 0 Å². The van der Waals surface area contributed by atoms with Gasteiger partial charge in [-0.05, 0) is 35.8 Å². The highest BCUT2D eigenvalue weighted by molar-refractivity contribution is 5.96. The zero-order chi connectivity index (χ0) is 23.4. The first-order valence-electron chi connectivity index (χ1n) is 10.1. The lowest BCUT2D eigenvalue weighted by atomic mass is 9.96. The molecule has 2 unspecified atom stereocenters. The maximum absolute atomic E-state index is 12.9. The van der Waals surface area contributed by atoms with Gasteiger partial charge in [-0.2, -0.15) is 13.2 Å². The van der Waals surface area contributed by atoms with Gasteiger partial charge in [-0.15, -0.1) is 0 Å². The van der Waals surface area contributed by atoms with Crippen LogP contribution in [0.3, 0.4) is 0 Å². The molecule has 0 spiro atoms. The Labute approximate surface area is 183 Å². The van der Waals surface area contributed by atoms with Gasteiger partial charge in [-0.25, -0.2) is 4.79 Å². The van der Waals surface area contributed by atoms with E-state index in [1.54, 1.807) is 0 Å². The van der Waals surface area contributed by atoms with Crippen molar-refractivity contribution in [1.29, 1.82) is 0 Å². The van der Waals surface area contributed by atoms with Crippen molar-refractivity contribution in [3.8, 4) is 0 Å². The highest BCUT2D eigenvalue weighted by Gasteiger charge is 2.45. The summed E-state index contributed by atoms with van der Waals surface area (Å²) in [5, 5.41) is 9.85. The van der Waals surface area contributed by atoms with Crippen molar-refractivity contribution >= 4 is 18.0 Å². The standard InChI is InChI=1S/C24H23F3O5/c1-2-20(17-8-4-3-5-9-17)22(30)31-15-23(14-28)13-18(21(29)32-23)11-16-7-6-10-19(12-16)24(25,26)27/h3-12,20,28H,2,13-15H2,1H3/b18-11+. The Morgan fingerprint density at radius 1 is 1.22 bits per heavy atom. The molecule has 1 heterocycles. The van der Waals surface area contributed by atoms with E-state index in [9.17, 15) is 27.9 Å². The summed E-state index contributed by atoms with van der Waals surface area (Å²) in [4.78, 5) is 24.9. The number of alkyl halides is 3. The Kier molecular flexibility index (Phi) is 7.03. The number of cyclic esters (lactones) is 1. The molecule has 1 fully saturated rings. The molecule has 0 radical (unpaired) electrons. The van der Waals surface area contributed by atoms with Gasteiger partial charge in [0.2, 0.25) is 0 Å². The number of halogens is 3. The fraction of sp³-hybridized carbons (Fsp3) is 0.333. The third-order valence-corrected chi connectivity index (χ3v) is 5.30. The van der Waals surface area contributed by atoms with Crippen LogP contribution < -0.4 is 0 Å². The van der Waals surface area contributed by atoms with Gasteiger partial charge < -0.3 is 14.6 Å². The molecule has 0 aromatic heterocycles. The van der Waals surface area contributed by atoms with Crippen LogP contribution >= 0.6 is 0 Å². The average Bonchev–Trinajstić information content (AvgIpc) is 3.09. The number of aliphatic hydroxyl groups excluding tert-OH is 1. The van der Waals surface area contributed by atoms with Crippen molar-refractivity contribution in [3.63, 3.8) is 0 Å². The second kappa shape index (κ2) is 9.56. The number of carbonyl (C=O) groups is 2. The minimum atomic E-state index is -4.51. The molecule has 8 heteroatoms. The summed E-state index contributed by atoms with van der Waals surface area (Å²) in [6.45, 7) is 0.873. The van der Waals surface area contributed by atoms with Crippen molar-refractivity contribution in [2.75, 3.05) is 13.2 Å². The zero-order valence-electron chi connectivity index (χ0n) is 17.4. The number of carbonyl (C=O) groups excluding carboxylic acids is 2. The number of aliphatic hydroxyl groups is 1. The van der Waals surface area contributed by atoms with Gasteiger partial charge in [0, 0.05) is 12.0 Å². The van der Waals surface area contributed by atoms with Crippen molar-refractivity contribution in [2.45, 2.75) is 37.5 Å². The van der Waals surface area contributed by atoms with Crippen LogP contribution in [0.25, 0.3) is 6.08 Å². The van der Waals surface area contributed by atoms with E-state index in [-0.39, 0.29) is 24.2 Å². The summed E-state index contributed by atoms with van der Waals surface area (Å²) in [5.74, 6) is -1.80. The number of rotatable bonds is 7. The predicted molar refractivity (Wildman–Crippen MR) is 110 cm³/mol. The van der Waals surface area contributed by atoms with E-state index >= 15 is 0 Å². The molecule has 0 amide bonds. The fourth-order valence-electron chi connectivity index (χ4n) is 3.57. The molecular weight excluding hydrogens is 425 g/mol. The van der Waals surface area contributed by atoms with E-state index in [4.69, 9.17) is 9.47 Å². The number of ether oxygens (including phenoxy) is 2. The van der Waals surface area contributed by atoms with Crippen molar-refractivity contribution in [3.05, 3.63) is 76.9 Å². The summed E-state index contributed by atoms with van der Waals surface area (Å²) in [6.07, 6.45) is -2.83. The SMILES string of the molecule is CCC(C(=O)OCC1(CO)C/C(=C\c2cccc(C(F)(F)F)c2)C(=O)O1)c1ccccc1. The quantitative estimate of drug-likeness (QED) is 0.499. The second-order valence-corrected chi connectivity index (χ2v) is 7.68. The average molecular weight is 448 g/mol. The highest BCUT2D eigenvalue weighted by atomic mass is 19.4. The van der Waals surface area contributed by atoms with E-state index in [1.165, 1.54) is 18.2 Å². The van der Waals surface area contributed by atoms with Crippen LogP contribution in [-0.2, 0) is 25.2 Å². The monoisotopic (exact) mass is 448 g/mol. The summed E-state index contributed by atoms with van der Waals surface area (Å²) in [7, 11) is 0. The van der Waals surface area contributed by atoms with Crippen LogP contribution in [0.2, 0.25) is 0 Å². The predicted octanol–water partition coefficient (Wildman–Crippen LogP) is 4.50. The molecule has 1 aliphatic rings. The molecule has 1 aliphatic heterocycles. The minimum Gasteiger partial charge on any atom is -0.461 e. The van der Waals surface area contributed by atoms with Crippen LogP contribution in [0.4, 0.5) is 13.2 Å². The topological polar surface area (TPSA) is 72.8 Å². The number of benzene rings is 2. The lowest BCUT2D eigenvalue weighted by Crippen LogP contribution is -2.39. The number of hydrogen-bond acceptors (Lipinski definition) is 5. The third kappa shape index (κ3) is 5.37. The van der Waals surface area contributed by atoms with Gasteiger partial charge in [-0.1, -0.05) is 49.4 Å². The Morgan fingerprint density at radius 2 is 1.94 bits per heavy atom. The Morgan fingerprint density at radius 3 is 2.56 bits per heavy atom. The van der Waals surface area contributed by atoms with Crippen molar-refractivity contribution in [1.82, 2.24) is 0 Å². The normalized spacial score (nSPS) is 20.8. The number of hydrogen-bond donors (Lipinski definition) is 1. The summed E-state index contributed by atoms with van der Waals surface area (Å²) in [6, 6.07) is 13.6. The molecule has 2 aromatic rings. The minimum absolute atomic E-state index is 0.0875. The molecule has 5 nitrogen and oxygen atoms in total. The van der Waals surface area contributed by atoms with Crippen LogP contribution in [0.1, 0.15) is 42.4 Å². The van der Waals surface area contributed by atoms with Crippen molar-refractivity contribution < 1.29 is 37.3 Å². The fourth-order valence-corrected chi connectivity index (χ4v) is 3.57. The summed E-state index contributed by atoms with van der Waals surface area (Å²) >= 11 is 0. The molecule has 1 saturated heterocycles.